The van der Waals surface area contributed by atoms with Gasteiger partial charge >= 0.3 is 0 Å². The van der Waals surface area contributed by atoms with Gasteiger partial charge in [-0.15, -0.1) is 0 Å². The highest BCUT2D eigenvalue weighted by molar-refractivity contribution is 6.03. The van der Waals surface area contributed by atoms with E-state index in [2.05, 4.69) is 10.4 Å². The summed E-state index contributed by atoms with van der Waals surface area (Å²) >= 11 is 0. The molecule has 1 aromatic carbocycles. The van der Waals surface area contributed by atoms with Gasteiger partial charge in [0.05, 0.1) is 11.4 Å². The molecule has 1 heterocycles. The van der Waals surface area contributed by atoms with E-state index >= 15 is 0 Å². The van der Waals surface area contributed by atoms with Gasteiger partial charge in [0.25, 0.3) is 5.91 Å². The zero-order valence-electron chi connectivity index (χ0n) is 11.1. The first-order chi connectivity index (χ1) is 9.56. The Morgan fingerprint density at radius 3 is 2.90 bits per heavy atom. The largest absolute Gasteiger partial charge is 0.319 e. The number of aromatic nitrogens is 2. The zero-order chi connectivity index (χ0) is 14.7. The summed E-state index contributed by atoms with van der Waals surface area (Å²) in [4.78, 5) is 12.1. The SMILES string of the molecule is CCc1cc(C(=O)Nc2cccc(F)c2C#N)n(C)n1. The molecule has 0 saturated carbocycles. The Balaban J connectivity index is 2.31. The van der Waals surface area contributed by atoms with Crippen LogP contribution < -0.4 is 5.32 Å². The average molecular weight is 272 g/mol. The van der Waals surface area contributed by atoms with Gasteiger partial charge in [-0.3, -0.25) is 9.48 Å². The molecule has 0 radical (unpaired) electrons. The molecule has 0 aliphatic rings. The van der Waals surface area contributed by atoms with Gasteiger partial charge in [0.2, 0.25) is 0 Å². The first-order valence-electron chi connectivity index (χ1n) is 6.09. The first-order valence-corrected chi connectivity index (χ1v) is 6.09. The first kappa shape index (κ1) is 13.7. The van der Waals surface area contributed by atoms with Crippen LogP contribution >= 0.6 is 0 Å². The Labute approximate surface area is 115 Å². The van der Waals surface area contributed by atoms with Gasteiger partial charge in [0.1, 0.15) is 23.1 Å². The molecule has 0 aliphatic carbocycles. The molecular weight excluding hydrogens is 259 g/mol. The lowest BCUT2D eigenvalue weighted by Crippen LogP contribution is -2.17. The molecule has 5 nitrogen and oxygen atoms in total. The summed E-state index contributed by atoms with van der Waals surface area (Å²) in [5.74, 6) is -1.09. The summed E-state index contributed by atoms with van der Waals surface area (Å²) in [5, 5.41) is 15.6. The highest BCUT2D eigenvalue weighted by Gasteiger charge is 2.15. The van der Waals surface area contributed by atoms with Gasteiger partial charge in [0, 0.05) is 7.05 Å². The number of carbonyl (C=O) groups excluding carboxylic acids is 1. The molecule has 0 spiro atoms. The van der Waals surface area contributed by atoms with Crippen LogP contribution in [-0.4, -0.2) is 15.7 Å². The number of aryl methyl sites for hydroxylation is 2. The molecule has 0 unspecified atom stereocenters. The van der Waals surface area contributed by atoms with E-state index in [1.165, 1.54) is 22.9 Å². The molecule has 0 saturated heterocycles. The van der Waals surface area contributed by atoms with Crippen molar-refractivity contribution >= 4 is 11.6 Å². The maximum Gasteiger partial charge on any atom is 0.273 e. The minimum absolute atomic E-state index is 0.150. The lowest BCUT2D eigenvalue weighted by atomic mass is 10.2. The Bertz CT molecular complexity index is 700. The minimum Gasteiger partial charge on any atom is -0.319 e. The number of hydrogen-bond acceptors (Lipinski definition) is 3. The summed E-state index contributed by atoms with van der Waals surface area (Å²) in [6.45, 7) is 1.93. The second kappa shape index (κ2) is 5.53. The van der Waals surface area contributed by atoms with Crippen LogP contribution in [-0.2, 0) is 13.5 Å². The van der Waals surface area contributed by atoms with Crippen LogP contribution in [0.2, 0.25) is 0 Å². The number of anilines is 1. The number of nitrogens with zero attached hydrogens (tertiary/aromatic N) is 3. The number of rotatable bonds is 3. The van der Waals surface area contributed by atoms with Crippen LogP contribution in [0.4, 0.5) is 10.1 Å². The highest BCUT2D eigenvalue weighted by Crippen LogP contribution is 2.18. The molecule has 0 bridgehead atoms. The fourth-order valence-corrected chi connectivity index (χ4v) is 1.84. The topological polar surface area (TPSA) is 70.7 Å². The number of benzene rings is 1. The van der Waals surface area contributed by atoms with Crippen LogP contribution in [0.1, 0.15) is 28.7 Å². The van der Waals surface area contributed by atoms with Crippen LogP contribution in [0.3, 0.4) is 0 Å². The molecule has 1 amide bonds. The molecule has 0 aliphatic heterocycles. The van der Waals surface area contributed by atoms with Crippen molar-refractivity contribution in [2.75, 3.05) is 5.32 Å². The third-order valence-corrected chi connectivity index (χ3v) is 2.90. The van der Waals surface area contributed by atoms with Crippen molar-refractivity contribution in [1.82, 2.24) is 9.78 Å². The van der Waals surface area contributed by atoms with E-state index in [0.717, 1.165) is 5.69 Å². The van der Waals surface area contributed by atoms with Gasteiger partial charge in [0.15, 0.2) is 0 Å². The second-order valence-corrected chi connectivity index (χ2v) is 4.23. The predicted octanol–water partition coefficient (Wildman–Crippen LogP) is 2.25. The lowest BCUT2D eigenvalue weighted by molar-refractivity contribution is 0.101. The number of nitrogens with one attached hydrogen (secondary N) is 1. The summed E-state index contributed by atoms with van der Waals surface area (Å²) in [6, 6.07) is 7.50. The fourth-order valence-electron chi connectivity index (χ4n) is 1.84. The summed E-state index contributed by atoms with van der Waals surface area (Å²) in [5.41, 5.74) is 1.11. The molecule has 0 fully saturated rings. The number of hydrogen-bond donors (Lipinski definition) is 1. The summed E-state index contributed by atoms with van der Waals surface area (Å²) in [6.07, 6.45) is 0.713. The van der Waals surface area contributed by atoms with E-state index in [4.69, 9.17) is 5.26 Å². The molecule has 2 aromatic rings. The predicted molar refractivity (Wildman–Crippen MR) is 71.7 cm³/mol. The highest BCUT2D eigenvalue weighted by atomic mass is 19.1. The maximum atomic E-state index is 13.4. The van der Waals surface area contributed by atoms with Gasteiger partial charge in [-0.05, 0) is 24.6 Å². The van der Waals surface area contributed by atoms with E-state index in [0.29, 0.717) is 12.1 Å². The van der Waals surface area contributed by atoms with Crippen molar-refractivity contribution in [3.8, 4) is 6.07 Å². The maximum absolute atomic E-state index is 13.4. The third kappa shape index (κ3) is 2.52. The van der Waals surface area contributed by atoms with E-state index in [9.17, 15) is 9.18 Å². The smallest absolute Gasteiger partial charge is 0.273 e. The van der Waals surface area contributed by atoms with E-state index in [1.54, 1.807) is 19.2 Å². The Morgan fingerprint density at radius 1 is 1.55 bits per heavy atom. The van der Waals surface area contributed by atoms with Crippen molar-refractivity contribution in [3.05, 3.63) is 47.0 Å². The molecule has 6 heteroatoms. The quantitative estimate of drug-likeness (QED) is 0.931. The Morgan fingerprint density at radius 2 is 2.30 bits per heavy atom. The Hall–Kier alpha value is -2.68. The van der Waals surface area contributed by atoms with Crippen LogP contribution in [0.25, 0.3) is 0 Å². The van der Waals surface area contributed by atoms with Crippen LogP contribution in [0, 0.1) is 17.1 Å². The fraction of sp³-hybridized carbons (Fsp3) is 0.214. The van der Waals surface area contributed by atoms with Crippen LogP contribution in [0.15, 0.2) is 24.3 Å². The van der Waals surface area contributed by atoms with E-state index < -0.39 is 11.7 Å². The molecule has 0 atom stereocenters. The Kier molecular flexibility index (Phi) is 3.80. The van der Waals surface area contributed by atoms with Crippen molar-refractivity contribution < 1.29 is 9.18 Å². The number of amides is 1. The third-order valence-electron chi connectivity index (χ3n) is 2.90. The average Bonchev–Trinajstić information content (AvgIpc) is 2.80. The standard InChI is InChI=1S/C14H13FN4O/c1-3-9-7-13(19(2)18-9)14(20)17-12-6-4-5-11(15)10(12)8-16/h4-7H,3H2,1-2H3,(H,17,20). The summed E-state index contributed by atoms with van der Waals surface area (Å²) in [7, 11) is 1.66. The molecule has 1 aromatic heterocycles. The zero-order valence-corrected chi connectivity index (χ0v) is 11.1. The normalized spacial score (nSPS) is 10.1. The van der Waals surface area contributed by atoms with Gasteiger partial charge in [-0.2, -0.15) is 10.4 Å². The minimum atomic E-state index is -0.662. The monoisotopic (exact) mass is 272 g/mol. The van der Waals surface area contributed by atoms with Crippen molar-refractivity contribution in [2.24, 2.45) is 7.05 Å². The second-order valence-electron chi connectivity index (χ2n) is 4.23. The van der Waals surface area contributed by atoms with Crippen molar-refractivity contribution in [3.63, 3.8) is 0 Å². The molecule has 2 rings (SSSR count). The molecule has 1 N–H and O–H groups in total. The van der Waals surface area contributed by atoms with Crippen LogP contribution in [0.5, 0.6) is 0 Å². The number of halogens is 1. The number of nitriles is 1. The van der Waals surface area contributed by atoms with E-state index in [-0.39, 0.29) is 11.3 Å². The van der Waals surface area contributed by atoms with Gasteiger partial charge in [-0.25, -0.2) is 4.39 Å². The summed E-state index contributed by atoms with van der Waals surface area (Å²) < 4.78 is 14.9. The van der Waals surface area contributed by atoms with Crippen molar-refractivity contribution in [1.29, 1.82) is 5.26 Å². The molecular formula is C14H13FN4O. The van der Waals surface area contributed by atoms with Gasteiger partial charge < -0.3 is 5.32 Å². The molecule has 20 heavy (non-hydrogen) atoms. The van der Waals surface area contributed by atoms with Gasteiger partial charge in [-0.1, -0.05) is 13.0 Å². The van der Waals surface area contributed by atoms with E-state index in [1.807, 2.05) is 6.92 Å². The van der Waals surface area contributed by atoms with Crippen molar-refractivity contribution in [2.45, 2.75) is 13.3 Å². The lowest BCUT2D eigenvalue weighted by Gasteiger charge is -2.07. The molecule has 102 valence electrons. The number of carbonyl (C=O) groups is 1.